The van der Waals surface area contributed by atoms with Gasteiger partial charge in [0.05, 0.1) is 12.5 Å². The first-order chi connectivity index (χ1) is 7.22. The minimum Gasteiger partial charge on any atom is -0.410 e. The van der Waals surface area contributed by atoms with E-state index in [2.05, 4.69) is 30.8 Å². The lowest BCUT2D eigenvalue weighted by molar-refractivity contribution is 0.237. The minimum atomic E-state index is -4.69. The average molecular weight is 293 g/mol. The van der Waals surface area contributed by atoms with Crippen molar-refractivity contribution in [2.45, 2.75) is 0 Å². The smallest absolute Gasteiger partial charge is 0.410 e. The second kappa shape index (κ2) is 6.27. The maximum Gasteiger partial charge on any atom is 0.720 e. The van der Waals surface area contributed by atoms with Crippen molar-refractivity contribution in [3.63, 3.8) is 0 Å². The number of hydrogen-bond donors (Lipinski definition) is 2. The first kappa shape index (κ1) is 15.5. The molecule has 0 rings (SSSR count). The lowest BCUT2D eigenvalue weighted by atomic mass is 11.2. The van der Waals surface area contributed by atoms with Crippen LogP contribution in [0.1, 0.15) is 0 Å². The van der Waals surface area contributed by atoms with Crippen LogP contribution in [0.3, 0.4) is 0 Å². The van der Waals surface area contributed by atoms with E-state index in [0.29, 0.717) is 12.5 Å². The fraction of sp³-hybridized carbons (Fsp3) is 0. The van der Waals surface area contributed by atoms with Gasteiger partial charge in [-0.2, -0.15) is 0 Å². The van der Waals surface area contributed by atoms with Gasteiger partial charge in [0.1, 0.15) is 0 Å². The van der Waals surface area contributed by atoms with Gasteiger partial charge in [-0.3, -0.25) is 9.79 Å². The molecule has 12 heteroatoms. The molecule has 0 aliphatic carbocycles. The van der Waals surface area contributed by atoms with Crippen LogP contribution in [0.4, 0.5) is 0 Å². The van der Waals surface area contributed by atoms with Gasteiger partial charge in [-0.1, -0.05) is 13.2 Å². The molecular weight excluding hydrogens is 285 g/mol. The van der Waals surface area contributed by atoms with Crippen LogP contribution in [0.15, 0.2) is 25.7 Å². The summed E-state index contributed by atoms with van der Waals surface area (Å²) in [6.45, 7) is 5.89. The molecule has 16 heavy (non-hydrogen) atoms. The normalized spacial score (nSPS) is 18.8. The highest BCUT2D eigenvalue weighted by Crippen LogP contribution is 2.59. The summed E-state index contributed by atoms with van der Waals surface area (Å²) in [5, 5.41) is 0. The molecule has 0 saturated heterocycles. The Bertz CT molecular complexity index is 341. The summed E-state index contributed by atoms with van der Waals surface area (Å²) in [5.74, 6) is 0. The number of phosphoric ester groups is 2. The maximum absolute atomic E-state index is 10.8. The number of rotatable bonds is 8. The fourth-order valence-corrected chi connectivity index (χ4v) is 2.83. The van der Waals surface area contributed by atoms with Gasteiger partial charge in [0.15, 0.2) is 0 Å². The summed E-state index contributed by atoms with van der Waals surface area (Å²) in [4.78, 5) is 17.5. The van der Waals surface area contributed by atoms with E-state index in [1.54, 1.807) is 0 Å². The summed E-state index contributed by atoms with van der Waals surface area (Å²) in [7, 11) is -12.8. The Labute approximate surface area is 91.5 Å². The van der Waals surface area contributed by atoms with Crippen LogP contribution in [-0.4, -0.2) is 9.79 Å². The van der Waals surface area contributed by atoms with Crippen LogP contribution in [-0.2, 0) is 31.4 Å². The first-order valence-corrected chi connectivity index (χ1v) is 7.42. The standard InChI is InChI=1S/C4H7O9P3/c1-3-10-15(6,7)12-14(5)13-16(8,9)11-4-2/h3-4H,1-2H2,(H-,6,7,8,9)/p+1. The van der Waals surface area contributed by atoms with Crippen LogP contribution in [0.5, 0.6) is 0 Å². The Balaban J connectivity index is 4.39. The fourth-order valence-electron chi connectivity index (χ4n) is 0.410. The van der Waals surface area contributed by atoms with Gasteiger partial charge in [0, 0.05) is 13.2 Å². The van der Waals surface area contributed by atoms with Crippen LogP contribution in [0.25, 0.3) is 0 Å². The van der Waals surface area contributed by atoms with Crippen molar-refractivity contribution in [2.75, 3.05) is 0 Å². The van der Waals surface area contributed by atoms with Gasteiger partial charge in [-0.25, -0.2) is 9.13 Å². The highest BCUT2D eigenvalue weighted by atomic mass is 31.3. The molecular formula is C4H8O9P3+. The third-order valence-corrected chi connectivity index (χ3v) is 4.30. The average Bonchev–Trinajstić information content (AvgIpc) is 1.99. The third kappa shape index (κ3) is 6.87. The van der Waals surface area contributed by atoms with Crippen molar-refractivity contribution in [1.82, 2.24) is 0 Å². The molecule has 0 aromatic rings. The molecule has 0 spiro atoms. The summed E-state index contributed by atoms with van der Waals surface area (Å²) in [5.41, 5.74) is 0. The zero-order chi connectivity index (χ0) is 12.8. The number of phosphoric acid groups is 2. The zero-order valence-corrected chi connectivity index (χ0v) is 10.3. The van der Waals surface area contributed by atoms with Gasteiger partial charge in [-0.15, -0.1) is 0 Å². The van der Waals surface area contributed by atoms with Crippen molar-refractivity contribution in [3.05, 3.63) is 25.7 Å². The first-order valence-electron chi connectivity index (χ1n) is 3.33. The molecule has 0 fully saturated rings. The van der Waals surface area contributed by atoms with Crippen molar-refractivity contribution < 1.29 is 41.2 Å². The molecule has 2 atom stereocenters. The molecule has 2 unspecified atom stereocenters. The lowest BCUT2D eigenvalue weighted by Crippen LogP contribution is -1.87. The molecule has 0 aromatic carbocycles. The van der Waals surface area contributed by atoms with E-state index >= 15 is 0 Å². The van der Waals surface area contributed by atoms with Crippen LogP contribution >= 0.6 is 23.9 Å². The molecule has 0 saturated carbocycles. The highest BCUT2D eigenvalue weighted by molar-refractivity contribution is 7.61. The van der Waals surface area contributed by atoms with E-state index < -0.39 is 23.9 Å². The van der Waals surface area contributed by atoms with Crippen molar-refractivity contribution >= 4 is 23.9 Å². The van der Waals surface area contributed by atoms with Crippen molar-refractivity contribution in [3.8, 4) is 0 Å². The largest absolute Gasteiger partial charge is 0.720 e. The summed E-state index contributed by atoms with van der Waals surface area (Å²) in [6, 6.07) is 0. The molecule has 0 aliphatic rings. The molecule has 0 bridgehead atoms. The Morgan fingerprint density at radius 2 is 1.31 bits per heavy atom. The van der Waals surface area contributed by atoms with Crippen LogP contribution < -0.4 is 0 Å². The molecule has 0 heterocycles. The summed E-state index contributed by atoms with van der Waals surface area (Å²) in [6.07, 6.45) is 1.12. The van der Waals surface area contributed by atoms with E-state index in [-0.39, 0.29) is 0 Å². The molecule has 92 valence electrons. The Hall–Kier alpha value is -0.520. The summed E-state index contributed by atoms with van der Waals surface area (Å²) >= 11 is 0. The lowest BCUT2D eigenvalue weighted by Gasteiger charge is -2.02. The third-order valence-electron chi connectivity index (χ3n) is 0.755. The Morgan fingerprint density at radius 1 is 1.00 bits per heavy atom. The van der Waals surface area contributed by atoms with Crippen LogP contribution in [0, 0.1) is 0 Å². The van der Waals surface area contributed by atoms with Gasteiger partial charge >= 0.3 is 23.9 Å². The quantitative estimate of drug-likeness (QED) is 0.511. The molecule has 0 aromatic heterocycles. The Kier molecular flexibility index (Phi) is 6.07. The van der Waals surface area contributed by atoms with E-state index in [1.165, 1.54) is 0 Å². The topological polar surface area (TPSA) is 129 Å². The van der Waals surface area contributed by atoms with E-state index in [1.807, 2.05) is 0 Å². The van der Waals surface area contributed by atoms with Gasteiger partial charge in [0.2, 0.25) is 0 Å². The minimum absolute atomic E-state index is 0.558. The summed E-state index contributed by atoms with van der Waals surface area (Å²) < 4.78 is 48.0. The molecule has 0 radical (unpaired) electrons. The zero-order valence-electron chi connectivity index (χ0n) is 7.66. The second-order valence-electron chi connectivity index (χ2n) is 1.87. The molecule has 0 aliphatic heterocycles. The van der Waals surface area contributed by atoms with Gasteiger partial charge < -0.3 is 9.05 Å². The molecule has 0 amide bonds. The van der Waals surface area contributed by atoms with Crippen molar-refractivity contribution in [2.24, 2.45) is 0 Å². The molecule has 9 nitrogen and oxygen atoms in total. The van der Waals surface area contributed by atoms with E-state index in [9.17, 15) is 13.7 Å². The Morgan fingerprint density at radius 3 is 1.56 bits per heavy atom. The van der Waals surface area contributed by atoms with Gasteiger partial charge in [-0.05, 0) is 0 Å². The maximum atomic E-state index is 10.8. The van der Waals surface area contributed by atoms with E-state index in [0.717, 1.165) is 0 Å². The molecule has 2 N–H and O–H groups in total. The monoisotopic (exact) mass is 293 g/mol. The number of hydrogen-bond acceptors (Lipinski definition) is 7. The van der Waals surface area contributed by atoms with Crippen LogP contribution in [0.2, 0.25) is 0 Å². The second-order valence-corrected chi connectivity index (χ2v) is 5.92. The predicted molar refractivity (Wildman–Crippen MR) is 52.0 cm³/mol. The SMILES string of the molecule is C=COP(=O)(O)O[P+](=O)OP(=O)(O)OC=C. The van der Waals surface area contributed by atoms with Crippen molar-refractivity contribution in [1.29, 1.82) is 0 Å². The highest BCUT2D eigenvalue weighted by Gasteiger charge is 2.45. The van der Waals surface area contributed by atoms with E-state index in [4.69, 9.17) is 9.79 Å². The predicted octanol–water partition coefficient (Wildman–Crippen LogP) is 2.20. The van der Waals surface area contributed by atoms with Gasteiger partial charge in [0.25, 0.3) is 0 Å².